The second-order valence-electron chi connectivity index (χ2n) is 2.89. The van der Waals surface area contributed by atoms with Crippen LogP contribution >= 0.6 is 11.6 Å². The molecule has 1 aromatic heterocycles. The quantitative estimate of drug-likeness (QED) is 0.654. The molecule has 8 heteroatoms. The first-order chi connectivity index (χ1) is 7.29. The highest BCUT2D eigenvalue weighted by Gasteiger charge is 2.39. The first-order valence-electron chi connectivity index (χ1n) is 3.97. The van der Waals surface area contributed by atoms with Gasteiger partial charge in [-0.05, 0) is 0 Å². The number of alkyl halides is 6. The summed E-state index contributed by atoms with van der Waals surface area (Å²) in [6, 6.07) is 0. The topological polar surface area (TPSA) is 38.9 Å². The fraction of sp³-hybridized carbons (Fsp3) is 0.375. The number of hydrogen-bond acceptors (Lipinski definition) is 2. The lowest BCUT2D eigenvalue weighted by Gasteiger charge is -2.15. The minimum atomic E-state index is -4.98. The van der Waals surface area contributed by atoms with Gasteiger partial charge in [-0.1, -0.05) is 0 Å². The lowest BCUT2D eigenvalue weighted by Crippen LogP contribution is -2.16. The summed E-state index contributed by atoms with van der Waals surface area (Å²) >= 11 is 5.31. The average Bonchev–Trinajstić information content (AvgIpc) is 2.14. The molecule has 0 aliphatic rings. The van der Waals surface area contributed by atoms with Crippen molar-refractivity contribution in [3.8, 4) is 0 Å². The fourth-order valence-electron chi connectivity index (χ4n) is 1.15. The van der Waals surface area contributed by atoms with E-state index < -0.39 is 29.5 Å². The van der Waals surface area contributed by atoms with E-state index in [0.29, 0.717) is 0 Å². The SMILES string of the molecule is Nc1c(CCl)cnc(C(F)F)c1C(F)(F)F. The van der Waals surface area contributed by atoms with Gasteiger partial charge in [0.15, 0.2) is 0 Å². The number of hydrogen-bond donors (Lipinski definition) is 1. The number of nitrogens with two attached hydrogens (primary N) is 1. The highest BCUT2D eigenvalue weighted by atomic mass is 35.5. The molecule has 1 aromatic rings. The molecule has 2 N–H and O–H groups in total. The van der Waals surface area contributed by atoms with Crippen LogP contribution in [-0.4, -0.2) is 4.98 Å². The molecule has 0 atom stereocenters. The Bertz CT molecular complexity index is 391. The summed E-state index contributed by atoms with van der Waals surface area (Å²) in [4.78, 5) is 3.04. The smallest absolute Gasteiger partial charge is 0.398 e. The van der Waals surface area contributed by atoms with Gasteiger partial charge < -0.3 is 5.73 Å². The van der Waals surface area contributed by atoms with Crippen molar-refractivity contribution in [2.45, 2.75) is 18.5 Å². The minimum absolute atomic E-state index is 0.126. The van der Waals surface area contributed by atoms with E-state index in [1.54, 1.807) is 0 Å². The molecule has 0 aliphatic carbocycles. The Balaban J connectivity index is 3.50. The minimum Gasteiger partial charge on any atom is -0.398 e. The Labute approximate surface area is 92.2 Å². The molecule has 0 saturated carbocycles. The third-order valence-electron chi connectivity index (χ3n) is 1.87. The molecule has 0 saturated heterocycles. The van der Waals surface area contributed by atoms with Gasteiger partial charge in [0.1, 0.15) is 11.3 Å². The van der Waals surface area contributed by atoms with Gasteiger partial charge in [0.05, 0.1) is 11.6 Å². The molecule has 0 aromatic carbocycles. The maximum Gasteiger partial charge on any atom is 0.420 e. The predicted octanol–water partition coefficient (Wildman–Crippen LogP) is 3.36. The summed E-state index contributed by atoms with van der Waals surface area (Å²) in [6.07, 6.45) is -7.51. The van der Waals surface area contributed by atoms with Gasteiger partial charge in [-0.2, -0.15) is 13.2 Å². The van der Waals surface area contributed by atoms with E-state index >= 15 is 0 Å². The molecule has 90 valence electrons. The predicted molar refractivity (Wildman–Crippen MR) is 48.2 cm³/mol. The van der Waals surface area contributed by atoms with E-state index in [1.165, 1.54) is 0 Å². The van der Waals surface area contributed by atoms with Crippen molar-refractivity contribution >= 4 is 17.3 Å². The van der Waals surface area contributed by atoms with Gasteiger partial charge in [-0.25, -0.2) is 8.78 Å². The largest absolute Gasteiger partial charge is 0.420 e. The lowest BCUT2D eigenvalue weighted by molar-refractivity contribution is -0.139. The second kappa shape index (κ2) is 4.40. The van der Waals surface area contributed by atoms with Gasteiger partial charge in [0, 0.05) is 11.8 Å². The van der Waals surface area contributed by atoms with Crippen molar-refractivity contribution in [1.29, 1.82) is 0 Å². The summed E-state index contributed by atoms with van der Waals surface area (Å²) in [7, 11) is 0. The van der Waals surface area contributed by atoms with Crippen molar-refractivity contribution in [3.05, 3.63) is 23.0 Å². The molecule has 0 unspecified atom stereocenters. The standard InChI is InChI=1S/C8H6ClF5N2/c9-1-3-2-16-6(7(10)11)4(5(3)15)8(12,13)14/h2,7H,1H2,(H2,15,16). The monoisotopic (exact) mass is 260 g/mol. The number of rotatable bonds is 2. The summed E-state index contributed by atoms with van der Waals surface area (Å²) in [5, 5.41) is 0. The van der Waals surface area contributed by atoms with Gasteiger partial charge in [-0.15, -0.1) is 11.6 Å². The normalized spacial score (nSPS) is 12.2. The number of aromatic nitrogens is 1. The number of halogens is 6. The summed E-state index contributed by atoms with van der Waals surface area (Å²) in [6.45, 7) is 0. The molecular weight excluding hydrogens is 255 g/mol. The van der Waals surface area contributed by atoms with Gasteiger partial charge >= 0.3 is 6.18 Å². The van der Waals surface area contributed by atoms with Gasteiger partial charge in [0.2, 0.25) is 0 Å². The molecule has 0 fully saturated rings. The second-order valence-corrected chi connectivity index (χ2v) is 3.16. The third-order valence-corrected chi connectivity index (χ3v) is 2.15. The van der Waals surface area contributed by atoms with Crippen LogP contribution in [-0.2, 0) is 12.1 Å². The van der Waals surface area contributed by atoms with Crippen LogP contribution in [0.5, 0.6) is 0 Å². The Morgan fingerprint density at radius 2 is 1.94 bits per heavy atom. The van der Waals surface area contributed by atoms with E-state index in [1.807, 2.05) is 0 Å². The molecule has 16 heavy (non-hydrogen) atoms. The van der Waals surface area contributed by atoms with E-state index in [9.17, 15) is 22.0 Å². The first kappa shape index (κ1) is 13.0. The van der Waals surface area contributed by atoms with Crippen LogP contribution in [0.3, 0.4) is 0 Å². The molecule has 1 heterocycles. The Morgan fingerprint density at radius 3 is 2.31 bits per heavy atom. The van der Waals surface area contributed by atoms with Crippen molar-refractivity contribution in [2.75, 3.05) is 5.73 Å². The Morgan fingerprint density at radius 1 is 1.38 bits per heavy atom. The highest BCUT2D eigenvalue weighted by molar-refractivity contribution is 6.17. The molecule has 0 spiro atoms. The van der Waals surface area contributed by atoms with Crippen molar-refractivity contribution in [3.63, 3.8) is 0 Å². The van der Waals surface area contributed by atoms with Crippen LogP contribution in [0.1, 0.15) is 23.2 Å². The fourth-order valence-corrected chi connectivity index (χ4v) is 1.36. The van der Waals surface area contributed by atoms with E-state index in [-0.39, 0.29) is 11.4 Å². The van der Waals surface area contributed by atoms with Crippen LogP contribution in [0, 0.1) is 0 Å². The zero-order valence-electron chi connectivity index (χ0n) is 7.65. The number of nitrogen functional groups attached to an aromatic ring is 1. The van der Waals surface area contributed by atoms with Crippen LogP contribution in [0.25, 0.3) is 0 Å². The third kappa shape index (κ3) is 2.34. The van der Waals surface area contributed by atoms with E-state index in [4.69, 9.17) is 17.3 Å². The zero-order valence-corrected chi connectivity index (χ0v) is 8.41. The summed E-state index contributed by atoms with van der Waals surface area (Å²) in [5.41, 5.74) is 1.23. The first-order valence-corrected chi connectivity index (χ1v) is 4.51. The Hall–Kier alpha value is -1.11. The molecule has 0 aliphatic heterocycles. The number of anilines is 1. The summed E-state index contributed by atoms with van der Waals surface area (Å²) < 4.78 is 62.1. The van der Waals surface area contributed by atoms with Crippen molar-refractivity contribution in [2.24, 2.45) is 0 Å². The van der Waals surface area contributed by atoms with Gasteiger partial charge in [-0.3, -0.25) is 4.98 Å². The molecule has 0 radical (unpaired) electrons. The van der Waals surface area contributed by atoms with E-state index in [0.717, 1.165) is 6.20 Å². The molecule has 0 bridgehead atoms. The van der Waals surface area contributed by atoms with Crippen molar-refractivity contribution < 1.29 is 22.0 Å². The maximum atomic E-state index is 12.5. The molecule has 1 rings (SSSR count). The van der Waals surface area contributed by atoms with Crippen LogP contribution < -0.4 is 5.73 Å². The summed E-state index contributed by atoms with van der Waals surface area (Å²) in [5.74, 6) is -0.328. The zero-order chi connectivity index (χ0) is 12.5. The lowest BCUT2D eigenvalue weighted by atomic mass is 10.1. The van der Waals surface area contributed by atoms with Crippen molar-refractivity contribution in [1.82, 2.24) is 4.98 Å². The van der Waals surface area contributed by atoms with Crippen LogP contribution in [0.2, 0.25) is 0 Å². The Kier molecular flexibility index (Phi) is 3.57. The maximum absolute atomic E-state index is 12.5. The molecule has 2 nitrogen and oxygen atoms in total. The molecular formula is C8H6ClF5N2. The van der Waals surface area contributed by atoms with Crippen LogP contribution in [0.4, 0.5) is 27.6 Å². The average molecular weight is 261 g/mol. The molecule has 0 amide bonds. The number of pyridine rings is 1. The van der Waals surface area contributed by atoms with Crippen LogP contribution in [0.15, 0.2) is 6.20 Å². The van der Waals surface area contributed by atoms with E-state index in [2.05, 4.69) is 4.98 Å². The number of nitrogens with zero attached hydrogens (tertiary/aromatic N) is 1. The highest BCUT2D eigenvalue weighted by Crippen LogP contribution is 2.40. The van der Waals surface area contributed by atoms with Gasteiger partial charge in [0.25, 0.3) is 6.43 Å².